The maximum absolute atomic E-state index is 12.4. The van der Waals surface area contributed by atoms with E-state index in [-0.39, 0.29) is 6.10 Å². The van der Waals surface area contributed by atoms with Crippen LogP contribution < -0.4 is 5.73 Å². The van der Waals surface area contributed by atoms with E-state index >= 15 is 0 Å². The molecule has 0 aromatic heterocycles. The quantitative estimate of drug-likeness (QED) is 0.752. The Hall–Kier alpha value is -0.950. The fraction of sp³-hybridized carbons (Fsp3) is 0.600. The maximum atomic E-state index is 12.4. The van der Waals surface area contributed by atoms with Gasteiger partial charge in [0, 0.05) is 13.6 Å². The third kappa shape index (κ3) is 5.74. The first kappa shape index (κ1) is 18.1. The standard InChI is InChI=1S/C15H26N2O3S/c1-13(2)20-12-11-17(3)21(18,19)15-8-6-14(7-9-15)5-4-10-16/h6-9,13H,4-5,10-12,16H2,1-3H3. The van der Waals surface area contributed by atoms with E-state index in [1.54, 1.807) is 19.2 Å². The molecule has 21 heavy (non-hydrogen) atoms. The van der Waals surface area contributed by atoms with Crippen LogP contribution in [0.4, 0.5) is 0 Å². The number of likely N-dealkylation sites (N-methyl/N-ethyl adjacent to an activating group) is 1. The number of aryl methyl sites for hydroxylation is 1. The molecule has 0 atom stereocenters. The van der Waals surface area contributed by atoms with Crippen LogP contribution in [0.25, 0.3) is 0 Å². The van der Waals surface area contributed by atoms with Crippen molar-refractivity contribution >= 4 is 10.0 Å². The zero-order chi connectivity index (χ0) is 15.9. The third-order valence-electron chi connectivity index (χ3n) is 3.16. The number of hydrogen-bond donors (Lipinski definition) is 1. The molecule has 6 heteroatoms. The van der Waals surface area contributed by atoms with Gasteiger partial charge in [-0.15, -0.1) is 0 Å². The molecule has 1 aromatic rings. The van der Waals surface area contributed by atoms with E-state index in [4.69, 9.17) is 10.5 Å². The molecule has 0 radical (unpaired) electrons. The van der Waals surface area contributed by atoms with E-state index in [1.165, 1.54) is 4.31 Å². The minimum atomic E-state index is -3.45. The molecular formula is C15H26N2O3S. The van der Waals surface area contributed by atoms with E-state index in [1.807, 2.05) is 26.0 Å². The molecule has 120 valence electrons. The molecule has 0 heterocycles. The first-order valence-corrected chi connectivity index (χ1v) is 8.69. The van der Waals surface area contributed by atoms with Gasteiger partial charge in [0.05, 0.1) is 17.6 Å². The van der Waals surface area contributed by atoms with Crippen LogP contribution in [-0.2, 0) is 21.2 Å². The predicted molar refractivity (Wildman–Crippen MR) is 84.7 cm³/mol. The molecule has 0 aliphatic heterocycles. The summed E-state index contributed by atoms with van der Waals surface area (Å²) >= 11 is 0. The Bertz CT molecular complexity index is 512. The van der Waals surface area contributed by atoms with Crippen LogP contribution in [-0.4, -0.2) is 45.6 Å². The normalized spacial score (nSPS) is 12.3. The predicted octanol–water partition coefficient (Wildman–Crippen LogP) is 1.62. The fourth-order valence-electron chi connectivity index (χ4n) is 1.85. The Labute approximate surface area is 128 Å². The summed E-state index contributed by atoms with van der Waals surface area (Å²) in [5, 5.41) is 0. The van der Waals surface area contributed by atoms with Crippen molar-refractivity contribution in [2.75, 3.05) is 26.7 Å². The molecule has 0 aliphatic rings. The Kier molecular flexibility index (Phi) is 7.31. The minimum absolute atomic E-state index is 0.0999. The summed E-state index contributed by atoms with van der Waals surface area (Å²) in [5.74, 6) is 0. The number of nitrogens with two attached hydrogens (primary N) is 1. The molecule has 0 saturated heterocycles. The van der Waals surface area contributed by atoms with Crippen molar-refractivity contribution in [2.24, 2.45) is 5.73 Å². The van der Waals surface area contributed by atoms with Crippen LogP contribution in [0.15, 0.2) is 29.2 Å². The van der Waals surface area contributed by atoms with Crippen LogP contribution in [0.1, 0.15) is 25.8 Å². The maximum Gasteiger partial charge on any atom is 0.242 e. The smallest absolute Gasteiger partial charge is 0.242 e. The Balaban J connectivity index is 2.68. The molecule has 0 fully saturated rings. The minimum Gasteiger partial charge on any atom is -0.377 e. The van der Waals surface area contributed by atoms with Crippen LogP contribution in [0.2, 0.25) is 0 Å². The first-order valence-electron chi connectivity index (χ1n) is 7.25. The summed E-state index contributed by atoms with van der Waals surface area (Å²) in [6.07, 6.45) is 1.87. The molecule has 5 nitrogen and oxygen atoms in total. The summed E-state index contributed by atoms with van der Waals surface area (Å²) in [5.41, 5.74) is 6.57. The van der Waals surface area contributed by atoms with E-state index < -0.39 is 10.0 Å². The zero-order valence-electron chi connectivity index (χ0n) is 13.1. The van der Waals surface area contributed by atoms with Crippen molar-refractivity contribution < 1.29 is 13.2 Å². The number of nitrogens with zero attached hydrogens (tertiary/aromatic N) is 1. The lowest BCUT2D eigenvalue weighted by atomic mass is 10.1. The summed E-state index contributed by atoms with van der Waals surface area (Å²) in [6.45, 7) is 5.22. The van der Waals surface area contributed by atoms with E-state index in [0.717, 1.165) is 18.4 Å². The number of sulfonamides is 1. The van der Waals surface area contributed by atoms with Crippen LogP contribution in [0.3, 0.4) is 0 Å². The molecular weight excluding hydrogens is 288 g/mol. The second-order valence-corrected chi connectivity index (χ2v) is 7.33. The van der Waals surface area contributed by atoms with Gasteiger partial charge in [-0.1, -0.05) is 12.1 Å². The average Bonchev–Trinajstić information content (AvgIpc) is 2.45. The summed E-state index contributed by atoms with van der Waals surface area (Å²) in [4.78, 5) is 0.311. The van der Waals surface area contributed by atoms with Crippen molar-refractivity contribution in [1.82, 2.24) is 4.31 Å². The number of benzene rings is 1. The van der Waals surface area contributed by atoms with Crippen LogP contribution in [0, 0.1) is 0 Å². The molecule has 0 saturated carbocycles. The van der Waals surface area contributed by atoms with Crippen LogP contribution in [0.5, 0.6) is 0 Å². The molecule has 0 spiro atoms. The summed E-state index contributed by atoms with van der Waals surface area (Å²) < 4.78 is 31.5. The second kappa shape index (κ2) is 8.48. The highest BCUT2D eigenvalue weighted by atomic mass is 32.2. The zero-order valence-corrected chi connectivity index (χ0v) is 13.9. The highest BCUT2D eigenvalue weighted by Gasteiger charge is 2.20. The van der Waals surface area contributed by atoms with E-state index in [0.29, 0.717) is 24.6 Å². The van der Waals surface area contributed by atoms with Gasteiger partial charge in [-0.2, -0.15) is 4.31 Å². The second-order valence-electron chi connectivity index (χ2n) is 5.28. The van der Waals surface area contributed by atoms with Gasteiger partial charge in [-0.25, -0.2) is 8.42 Å². The van der Waals surface area contributed by atoms with Crippen molar-refractivity contribution in [2.45, 2.75) is 37.7 Å². The molecule has 0 unspecified atom stereocenters. The topological polar surface area (TPSA) is 72.6 Å². The lowest BCUT2D eigenvalue weighted by Gasteiger charge is -2.18. The van der Waals surface area contributed by atoms with Crippen molar-refractivity contribution in [3.63, 3.8) is 0 Å². The van der Waals surface area contributed by atoms with Gasteiger partial charge in [0.15, 0.2) is 0 Å². The molecule has 1 aromatic carbocycles. The van der Waals surface area contributed by atoms with Gasteiger partial charge in [0.2, 0.25) is 10.0 Å². The SMILES string of the molecule is CC(C)OCCN(C)S(=O)(=O)c1ccc(CCCN)cc1. The molecule has 0 amide bonds. The average molecular weight is 314 g/mol. The van der Waals surface area contributed by atoms with Gasteiger partial charge in [0.1, 0.15) is 0 Å². The van der Waals surface area contributed by atoms with E-state index in [9.17, 15) is 8.42 Å². The highest BCUT2D eigenvalue weighted by molar-refractivity contribution is 7.89. The van der Waals surface area contributed by atoms with Crippen LogP contribution >= 0.6 is 0 Å². The van der Waals surface area contributed by atoms with Gasteiger partial charge < -0.3 is 10.5 Å². The Morgan fingerprint density at radius 2 is 1.86 bits per heavy atom. The van der Waals surface area contributed by atoms with Crippen molar-refractivity contribution in [3.8, 4) is 0 Å². The number of ether oxygens (including phenoxy) is 1. The molecule has 2 N–H and O–H groups in total. The highest BCUT2D eigenvalue weighted by Crippen LogP contribution is 2.15. The number of rotatable bonds is 9. The monoisotopic (exact) mass is 314 g/mol. The summed E-state index contributed by atoms with van der Waals surface area (Å²) in [6, 6.07) is 7.00. The fourth-order valence-corrected chi connectivity index (χ4v) is 3.01. The molecule has 0 aliphatic carbocycles. The lowest BCUT2D eigenvalue weighted by Crippen LogP contribution is -2.30. The molecule has 1 rings (SSSR count). The van der Waals surface area contributed by atoms with E-state index in [2.05, 4.69) is 0 Å². The van der Waals surface area contributed by atoms with Crippen molar-refractivity contribution in [1.29, 1.82) is 0 Å². The summed E-state index contributed by atoms with van der Waals surface area (Å²) in [7, 11) is -1.87. The Morgan fingerprint density at radius 3 is 2.38 bits per heavy atom. The Morgan fingerprint density at radius 1 is 1.24 bits per heavy atom. The third-order valence-corrected chi connectivity index (χ3v) is 5.03. The van der Waals surface area contributed by atoms with Gasteiger partial charge >= 0.3 is 0 Å². The van der Waals surface area contributed by atoms with Crippen molar-refractivity contribution in [3.05, 3.63) is 29.8 Å². The number of hydrogen-bond acceptors (Lipinski definition) is 4. The van der Waals surface area contributed by atoms with Gasteiger partial charge in [0.25, 0.3) is 0 Å². The van der Waals surface area contributed by atoms with Gasteiger partial charge in [-0.3, -0.25) is 0 Å². The van der Waals surface area contributed by atoms with Gasteiger partial charge in [-0.05, 0) is 50.9 Å². The molecule has 0 bridgehead atoms. The first-order chi connectivity index (χ1) is 9.87. The lowest BCUT2D eigenvalue weighted by molar-refractivity contribution is 0.0737. The largest absolute Gasteiger partial charge is 0.377 e.